The average molecular weight is 205 g/mol. The van der Waals surface area contributed by atoms with E-state index in [0.717, 1.165) is 11.8 Å². The molecule has 0 amide bonds. The summed E-state index contributed by atoms with van der Waals surface area (Å²) in [6, 6.07) is 4.80. The second-order valence-electron chi connectivity index (χ2n) is 3.00. The zero-order valence-corrected chi connectivity index (χ0v) is 8.36. The van der Waals surface area contributed by atoms with Gasteiger partial charge in [0.25, 0.3) is 0 Å². The summed E-state index contributed by atoms with van der Waals surface area (Å²) in [5, 5.41) is 18.1. The molecule has 0 bridgehead atoms. The molecule has 4 nitrogen and oxygen atoms in total. The number of nitriles is 1. The number of hydrogen-bond acceptors (Lipinski definition) is 4. The number of aromatic hydroxyl groups is 1. The van der Waals surface area contributed by atoms with E-state index in [1.54, 1.807) is 0 Å². The van der Waals surface area contributed by atoms with E-state index in [0.29, 0.717) is 18.6 Å². The number of nitrogens with zero attached hydrogens (tertiary/aromatic N) is 1. The first-order chi connectivity index (χ1) is 7.22. The minimum atomic E-state index is -0.107. The van der Waals surface area contributed by atoms with Gasteiger partial charge in [0.2, 0.25) is 0 Å². The van der Waals surface area contributed by atoms with Crippen molar-refractivity contribution in [1.29, 1.82) is 5.26 Å². The van der Waals surface area contributed by atoms with Gasteiger partial charge in [0.1, 0.15) is 23.9 Å². The van der Waals surface area contributed by atoms with E-state index in [-0.39, 0.29) is 11.3 Å². The predicted octanol–water partition coefficient (Wildman–Crippen LogP) is 1.40. The lowest BCUT2D eigenvalue weighted by Crippen LogP contribution is -1.94. The molecule has 0 spiro atoms. The number of phenolic OH excluding ortho intramolecular Hbond substituents is 1. The molecule has 1 aromatic carbocycles. The molecule has 1 N–H and O–H groups in total. The average Bonchev–Trinajstić information content (AvgIpc) is 2.26. The molecule has 0 radical (unpaired) electrons. The predicted molar refractivity (Wildman–Crippen MR) is 53.8 cm³/mol. The first-order valence-corrected chi connectivity index (χ1v) is 4.46. The number of methoxy groups -OCH3 is 1. The molecule has 0 aliphatic rings. The van der Waals surface area contributed by atoms with Crippen LogP contribution in [0.2, 0.25) is 0 Å². The summed E-state index contributed by atoms with van der Waals surface area (Å²) in [6.45, 7) is 0. The number of benzene rings is 1. The van der Waals surface area contributed by atoms with Crippen LogP contribution in [0.25, 0.3) is 0 Å². The van der Waals surface area contributed by atoms with Crippen LogP contribution in [0.5, 0.6) is 11.5 Å². The molecule has 0 unspecified atom stereocenters. The third-order valence-corrected chi connectivity index (χ3v) is 2.05. The lowest BCUT2D eigenvalue weighted by molar-refractivity contribution is -0.107. The Bertz CT molecular complexity index is 407. The van der Waals surface area contributed by atoms with Gasteiger partial charge in [-0.2, -0.15) is 5.26 Å². The summed E-state index contributed by atoms with van der Waals surface area (Å²) < 4.78 is 5.04. The fraction of sp³-hybridized carbons (Fsp3) is 0.273. The number of phenols is 1. The van der Waals surface area contributed by atoms with Crippen molar-refractivity contribution in [3.63, 3.8) is 0 Å². The topological polar surface area (TPSA) is 70.3 Å². The largest absolute Gasteiger partial charge is 0.506 e. The molecule has 0 atom stereocenters. The van der Waals surface area contributed by atoms with Crippen LogP contribution in [0.3, 0.4) is 0 Å². The number of carbonyl (C=O) groups is 1. The molecule has 1 rings (SSSR count). The van der Waals surface area contributed by atoms with E-state index in [1.165, 1.54) is 19.2 Å². The first kappa shape index (κ1) is 11.1. The molecular formula is C11H11NO3. The molecule has 0 fully saturated rings. The van der Waals surface area contributed by atoms with E-state index in [9.17, 15) is 9.90 Å². The Morgan fingerprint density at radius 2 is 2.33 bits per heavy atom. The van der Waals surface area contributed by atoms with E-state index in [2.05, 4.69) is 0 Å². The second kappa shape index (κ2) is 5.01. The van der Waals surface area contributed by atoms with Crippen LogP contribution < -0.4 is 4.74 Å². The van der Waals surface area contributed by atoms with Gasteiger partial charge in [0.15, 0.2) is 0 Å². The molecular weight excluding hydrogens is 194 g/mol. The zero-order valence-electron chi connectivity index (χ0n) is 8.36. The number of carbonyl (C=O) groups excluding carboxylic acids is 1. The first-order valence-electron chi connectivity index (χ1n) is 4.46. The summed E-state index contributed by atoms with van der Waals surface area (Å²) in [5.74, 6) is 0.387. The molecule has 0 aromatic heterocycles. The smallest absolute Gasteiger partial charge is 0.137 e. The maximum absolute atomic E-state index is 10.2. The van der Waals surface area contributed by atoms with Crippen LogP contribution >= 0.6 is 0 Å². The Kier molecular flexibility index (Phi) is 3.69. The van der Waals surface area contributed by atoms with Crippen molar-refractivity contribution >= 4 is 6.29 Å². The van der Waals surface area contributed by atoms with Gasteiger partial charge in [-0.25, -0.2) is 0 Å². The fourth-order valence-corrected chi connectivity index (χ4v) is 1.30. The minimum Gasteiger partial charge on any atom is -0.506 e. The van der Waals surface area contributed by atoms with Gasteiger partial charge in [0.05, 0.1) is 12.7 Å². The summed E-state index contributed by atoms with van der Waals surface area (Å²) in [7, 11) is 1.48. The van der Waals surface area contributed by atoms with Crippen LogP contribution in [0, 0.1) is 11.3 Å². The zero-order chi connectivity index (χ0) is 11.3. The number of aryl methyl sites for hydroxylation is 1. The normalized spacial score (nSPS) is 9.33. The number of aldehydes is 1. The third-order valence-electron chi connectivity index (χ3n) is 2.05. The number of ether oxygens (including phenoxy) is 1. The minimum absolute atomic E-state index is 0.107. The van der Waals surface area contributed by atoms with E-state index in [1.807, 2.05) is 6.07 Å². The van der Waals surface area contributed by atoms with E-state index in [4.69, 9.17) is 10.00 Å². The standard InChI is InChI=1S/C11H11NO3/c1-15-11-6-10(14)9(7-12)5-8(11)3-2-4-13/h4-6,14H,2-3H2,1H3. The van der Waals surface area contributed by atoms with Gasteiger partial charge in [-0.1, -0.05) is 0 Å². The van der Waals surface area contributed by atoms with Gasteiger partial charge in [-0.15, -0.1) is 0 Å². The van der Waals surface area contributed by atoms with Crippen molar-refractivity contribution in [3.8, 4) is 17.6 Å². The molecule has 78 valence electrons. The van der Waals surface area contributed by atoms with Crippen LogP contribution in [-0.4, -0.2) is 18.5 Å². The molecule has 1 aromatic rings. The Labute approximate surface area is 87.7 Å². The van der Waals surface area contributed by atoms with Gasteiger partial charge in [-0.05, 0) is 18.1 Å². The third kappa shape index (κ3) is 2.47. The van der Waals surface area contributed by atoms with Crippen LogP contribution in [0.4, 0.5) is 0 Å². The van der Waals surface area contributed by atoms with Crippen molar-refractivity contribution in [3.05, 3.63) is 23.3 Å². The van der Waals surface area contributed by atoms with Crippen LogP contribution in [-0.2, 0) is 11.2 Å². The monoisotopic (exact) mass is 205 g/mol. The molecule has 4 heteroatoms. The van der Waals surface area contributed by atoms with Crippen molar-refractivity contribution in [2.24, 2.45) is 0 Å². The van der Waals surface area contributed by atoms with E-state index < -0.39 is 0 Å². The van der Waals surface area contributed by atoms with Gasteiger partial charge in [0, 0.05) is 12.5 Å². The highest BCUT2D eigenvalue weighted by Crippen LogP contribution is 2.28. The molecule has 0 aliphatic heterocycles. The highest BCUT2D eigenvalue weighted by molar-refractivity contribution is 5.54. The van der Waals surface area contributed by atoms with E-state index >= 15 is 0 Å². The summed E-state index contributed by atoms with van der Waals surface area (Å²) >= 11 is 0. The van der Waals surface area contributed by atoms with Gasteiger partial charge < -0.3 is 14.6 Å². The Balaban J connectivity index is 3.11. The summed E-state index contributed by atoms with van der Waals surface area (Å²) in [4.78, 5) is 10.2. The van der Waals surface area contributed by atoms with Crippen LogP contribution in [0.15, 0.2) is 12.1 Å². The van der Waals surface area contributed by atoms with Crippen molar-refractivity contribution in [1.82, 2.24) is 0 Å². The molecule has 0 aliphatic carbocycles. The second-order valence-corrected chi connectivity index (χ2v) is 3.00. The lowest BCUT2D eigenvalue weighted by atomic mass is 10.0. The molecule has 0 saturated heterocycles. The Morgan fingerprint density at radius 1 is 1.60 bits per heavy atom. The Morgan fingerprint density at radius 3 is 2.87 bits per heavy atom. The van der Waals surface area contributed by atoms with Crippen molar-refractivity contribution in [2.75, 3.05) is 7.11 Å². The SMILES string of the molecule is COc1cc(O)c(C#N)cc1CCC=O. The number of rotatable bonds is 4. The summed E-state index contributed by atoms with van der Waals surface area (Å²) in [6.07, 6.45) is 1.67. The van der Waals surface area contributed by atoms with Crippen LogP contribution in [0.1, 0.15) is 17.5 Å². The maximum Gasteiger partial charge on any atom is 0.137 e. The van der Waals surface area contributed by atoms with Crippen molar-refractivity contribution in [2.45, 2.75) is 12.8 Å². The number of hydrogen-bond donors (Lipinski definition) is 1. The molecule has 0 heterocycles. The van der Waals surface area contributed by atoms with Gasteiger partial charge >= 0.3 is 0 Å². The summed E-state index contributed by atoms with van der Waals surface area (Å²) in [5.41, 5.74) is 0.940. The fourth-order valence-electron chi connectivity index (χ4n) is 1.30. The highest BCUT2D eigenvalue weighted by Gasteiger charge is 2.09. The molecule has 0 saturated carbocycles. The molecule has 15 heavy (non-hydrogen) atoms. The maximum atomic E-state index is 10.2. The van der Waals surface area contributed by atoms with Gasteiger partial charge in [-0.3, -0.25) is 0 Å². The Hall–Kier alpha value is -2.02. The van der Waals surface area contributed by atoms with Crippen molar-refractivity contribution < 1.29 is 14.6 Å². The quantitative estimate of drug-likeness (QED) is 0.754. The highest BCUT2D eigenvalue weighted by atomic mass is 16.5. The lowest BCUT2D eigenvalue weighted by Gasteiger charge is -2.08.